The number of pyridine rings is 1. The Labute approximate surface area is 314 Å². The molecule has 1 N–H and O–H groups in total. The predicted molar refractivity (Wildman–Crippen MR) is 202 cm³/mol. The summed E-state index contributed by atoms with van der Waals surface area (Å²) in [6.07, 6.45) is 4.58. The Balaban J connectivity index is 1.27. The summed E-state index contributed by atoms with van der Waals surface area (Å²) in [4.78, 5) is 34.3. The lowest BCUT2D eigenvalue weighted by Gasteiger charge is -2.42. The topological polar surface area (TPSA) is 113 Å². The summed E-state index contributed by atoms with van der Waals surface area (Å²) in [7, 11) is 0. The van der Waals surface area contributed by atoms with Crippen molar-refractivity contribution < 1.29 is 32.9 Å². The molecule has 2 bridgehead atoms. The molecule has 2 aromatic carbocycles. The van der Waals surface area contributed by atoms with Gasteiger partial charge in [0.1, 0.15) is 40.4 Å². The van der Waals surface area contributed by atoms with E-state index < -0.39 is 17.2 Å². The first-order chi connectivity index (χ1) is 25.8. The molecule has 11 nitrogen and oxygen atoms in total. The lowest BCUT2D eigenvalue weighted by Crippen LogP contribution is -2.57. The Morgan fingerprint density at radius 3 is 2.48 bits per heavy atom. The van der Waals surface area contributed by atoms with Crippen molar-refractivity contribution in [1.82, 2.24) is 24.8 Å². The standard InChI is InChI=1S/C41H50F2N6O5/c1-23(2)53-37-32-35(33(43)34(44-37)29-10-7-9-25-11-14-30(42)24(3)31(25)29)45-38(52-22-41-16-8-18-48(41)28(21-50)15-17-41)46-36(32)47-19-26-12-13-27(20-47)49(26)39(51)54-40(4,5)6/h7,9-11,14,23,26-28,50H,8,12-13,15-22H2,1-6H3/t26?,27?,28-,41-/m1/s1. The molecule has 0 spiro atoms. The molecule has 6 heterocycles. The number of carbonyl (C=O) groups excluding carboxylic acids is 1. The third-order valence-corrected chi connectivity index (χ3v) is 11.7. The Morgan fingerprint density at radius 1 is 1.02 bits per heavy atom. The number of halogens is 2. The summed E-state index contributed by atoms with van der Waals surface area (Å²) in [5.74, 6) is -0.507. The SMILES string of the molecule is Cc1c(F)ccc2cccc(-c3nc(OC(C)C)c4c(N5CC6CCC(C5)N6C(=O)OC(C)(C)C)nc(OC[C@]56CCCN5[C@@H](CO)CC6)nc4c3F)c12. The number of aliphatic hydroxyl groups excluding tert-OH is 1. The van der Waals surface area contributed by atoms with Crippen molar-refractivity contribution in [3.8, 4) is 23.1 Å². The van der Waals surface area contributed by atoms with Crippen LogP contribution in [0, 0.1) is 18.6 Å². The number of benzene rings is 2. The van der Waals surface area contributed by atoms with E-state index in [-0.39, 0.29) is 65.6 Å². The summed E-state index contributed by atoms with van der Waals surface area (Å²) >= 11 is 0. The fraction of sp³-hybridized carbons (Fsp3) is 0.561. The Kier molecular flexibility index (Phi) is 9.31. The van der Waals surface area contributed by atoms with Gasteiger partial charge in [0, 0.05) is 24.7 Å². The zero-order valence-electron chi connectivity index (χ0n) is 32.0. The van der Waals surface area contributed by atoms with Gasteiger partial charge in [0.15, 0.2) is 5.82 Å². The second-order valence-corrected chi connectivity index (χ2v) is 16.7. The van der Waals surface area contributed by atoms with Gasteiger partial charge in [-0.1, -0.05) is 24.3 Å². The van der Waals surface area contributed by atoms with Crippen LogP contribution in [-0.4, -0.2) is 104 Å². The summed E-state index contributed by atoms with van der Waals surface area (Å²) in [6, 6.07) is 8.32. The number of aliphatic hydroxyl groups is 1. The number of nitrogens with zero attached hydrogens (tertiary/aromatic N) is 6. The van der Waals surface area contributed by atoms with Gasteiger partial charge < -0.3 is 24.2 Å². The third-order valence-electron chi connectivity index (χ3n) is 11.7. The zero-order valence-corrected chi connectivity index (χ0v) is 32.0. The molecule has 2 unspecified atom stereocenters. The molecular weight excluding hydrogens is 694 g/mol. The van der Waals surface area contributed by atoms with Crippen LogP contribution >= 0.6 is 0 Å². The number of aromatic nitrogens is 3. The van der Waals surface area contributed by atoms with Crippen LogP contribution in [0.1, 0.15) is 78.7 Å². The Morgan fingerprint density at radius 2 is 1.78 bits per heavy atom. The Bertz CT molecular complexity index is 2090. The molecule has 288 valence electrons. The predicted octanol–water partition coefficient (Wildman–Crippen LogP) is 7.18. The van der Waals surface area contributed by atoms with Crippen molar-refractivity contribution in [2.24, 2.45) is 0 Å². The maximum absolute atomic E-state index is 17.4. The van der Waals surface area contributed by atoms with Gasteiger partial charge in [0.25, 0.3) is 0 Å². The number of amides is 1. The molecule has 2 aromatic heterocycles. The maximum atomic E-state index is 17.4. The van der Waals surface area contributed by atoms with Crippen LogP contribution in [0.3, 0.4) is 0 Å². The number of fused-ring (bicyclic) bond motifs is 5. The van der Waals surface area contributed by atoms with Crippen LogP contribution < -0.4 is 14.4 Å². The van der Waals surface area contributed by atoms with Gasteiger partial charge in [0.05, 0.1) is 30.3 Å². The quantitative estimate of drug-likeness (QED) is 0.199. The molecule has 0 aliphatic carbocycles. The highest BCUT2D eigenvalue weighted by atomic mass is 19.1. The van der Waals surface area contributed by atoms with Crippen LogP contribution in [0.25, 0.3) is 32.9 Å². The number of anilines is 1. The molecule has 4 saturated heterocycles. The van der Waals surface area contributed by atoms with E-state index in [4.69, 9.17) is 29.2 Å². The fourth-order valence-electron chi connectivity index (χ4n) is 9.31. The van der Waals surface area contributed by atoms with Crippen LogP contribution in [0.15, 0.2) is 30.3 Å². The molecule has 4 aliphatic heterocycles. The fourth-order valence-corrected chi connectivity index (χ4v) is 9.31. The van der Waals surface area contributed by atoms with Crippen LogP contribution in [0.4, 0.5) is 19.4 Å². The molecule has 4 fully saturated rings. The minimum atomic E-state index is -0.692. The highest BCUT2D eigenvalue weighted by Gasteiger charge is 2.50. The lowest BCUT2D eigenvalue weighted by atomic mass is 9.95. The number of hydrogen-bond acceptors (Lipinski definition) is 10. The van der Waals surface area contributed by atoms with Crippen molar-refractivity contribution in [1.29, 1.82) is 0 Å². The minimum Gasteiger partial charge on any atom is -0.474 e. The van der Waals surface area contributed by atoms with E-state index in [1.807, 2.05) is 45.6 Å². The van der Waals surface area contributed by atoms with Crippen LogP contribution in [0.2, 0.25) is 0 Å². The average molecular weight is 745 g/mol. The van der Waals surface area contributed by atoms with E-state index in [0.29, 0.717) is 47.4 Å². The maximum Gasteiger partial charge on any atom is 0.410 e. The summed E-state index contributed by atoms with van der Waals surface area (Å²) in [6.45, 7) is 13.1. The van der Waals surface area contributed by atoms with Gasteiger partial charge in [-0.3, -0.25) is 9.80 Å². The zero-order chi connectivity index (χ0) is 38.1. The molecule has 13 heteroatoms. The Hall–Kier alpha value is -4.36. The van der Waals surface area contributed by atoms with E-state index in [9.17, 15) is 9.90 Å². The van der Waals surface area contributed by atoms with E-state index in [2.05, 4.69) is 9.80 Å². The molecule has 0 saturated carbocycles. The van der Waals surface area contributed by atoms with E-state index in [1.165, 1.54) is 6.07 Å². The highest BCUT2D eigenvalue weighted by Crippen LogP contribution is 2.45. The molecule has 0 radical (unpaired) electrons. The number of hydrogen-bond donors (Lipinski definition) is 1. The second-order valence-electron chi connectivity index (χ2n) is 16.7. The average Bonchev–Trinajstić information content (AvgIpc) is 3.78. The molecule has 4 aliphatic rings. The number of ether oxygens (including phenoxy) is 3. The van der Waals surface area contributed by atoms with E-state index >= 15 is 8.78 Å². The summed E-state index contributed by atoms with van der Waals surface area (Å²) < 4.78 is 51.1. The first-order valence-electron chi connectivity index (χ1n) is 19.3. The molecule has 54 heavy (non-hydrogen) atoms. The van der Waals surface area contributed by atoms with Crippen molar-refractivity contribution in [3.05, 3.63) is 47.5 Å². The van der Waals surface area contributed by atoms with Crippen molar-refractivity contribution >= 4 is 33.6 Å². The monoisotopic (exact) mass is 744 g/mol. The molecular formula is C41H50F2N6O5. The summed E-state index contributed by atoms with van der Waals surface area (Å²) in [5.41, 5.74) is -0.103. The van der Waals surface area contributed by atoms with Crippen molar-refractivity contribution in [2.45, 2.75) is 115 Å². The van der Waals surface area contributed by atoms with Gasteiger partial charge in [-0.2, -0.15) is 9.97 Å². The molecule has 4 aromatic rings. The van der Waals surface area contributed by atoms with Gasteiger partial charge in [-0.05, 0) is 109 Å². The van der Waals surface area contributed by atoms with Crippen molar-refractivity contribution in [3.63, 3.8) is 0 Å². The number of piperazine rings is 1. The molecule has 8 rings (SSSR count). The van der Waals surface area contributed by atoms with Gasteiger partial charge in [-0.15, -0.1) is 0 Å². The summed E-state index contributed by atoms with van der Waals surface area (Å²) in [5, 5.41) is 11.7. The van der Waals surface area contributed by atoms with Crippen LogP contribution in [-0.2, 0) is 4.74 Å². The molecule has 4 atom stereocenters. The highest BCUT2D eigenvalue weighted by molar-refractivity contribution is 6.02. The number of aryl methyl sites for hydroxylation is 1. The van der Waals surface area contributed by atoms with E-state index in [1.54, 1.807) is 25.1 Å². The normalized spacial score (nSPS) is 24.2. The van der Waals surface area contributed by atoms with Gasteiger partial charge in [0.2, 0.25) is 5.88 Å². The van der Waals surface area contributed by atoms with Crippen molar-refractivity contribution in [2.75, 3.05) is 37.7 Å². The first kappa shape index (κ1) is 36.6. The van der Waals surface area contributed by atoms with E-state index in [0.717, 1.165) is 50.5 Å². The number of carbonyl (C=O) groups is 1. The van der Waals surface area contributed by atoms with Gasteiger partial charge >= 0.3 is 12.1 Å². The minimum absolute atomic E-state index is 0.00925. The second kappa shape index (κ2) is 13.7. The third kappa shape index (κ3) is 6.36. The largest absolute Gasteiger partial charge is 0.474 e. The van der Waals surface area contributed by atoms with Gasteiger partial charge in [-0.25, -0.2) is 18.6 Å². The lowest BCUT2D eigenvalue weighted by molar-refractivity contribution is 0.0122. The first-order valence-corrected chi connectivity index (χ1v) is 19.3. The van der Waals surface area contributed by atoms with Crippen LogP contribution in [0.5, 0.6) is 11.9 Å². The molecule has 1 amide bonds. The number of rotatable bonds is 8. The smallest absolute Gasteiger partial charge is 0.410 e.